The van der Waals surface area contributed by atoms with Crippen molar-refractivity contribution in [1.29, 1.82) is 0 Å². The van der Waals surface area contributed by atoms with Gasteiger partial charge in [0, 0.05) is 50.0 Å². The van der Waals surface area contributed by atoms with Crippen LogP contribution >= 0.6 is 0 Å². The Morgan fingerprint density at radius 2 is 1.19 bits per heavy atom. The van der Waals surface area contributed by atoms with Gasteiger partial charge in [0.05, 0.1) is 0 Å². The molecule has 6 aromatic rings. The van der Waals surface area contributed by atoms with Gasteiger partial charge >= 0.3 is 0 Å². The molecule has 5 nitrogen and oxygen atoms in total. The Morgan fingerprint density at radius 1 is 0.574 bits per heavy atom. The number of aromatic nitrogens is 2. The van der Waals surface area contributed by atoms with Crippen LogP contribution in [-0.4, -0.2) is 9.55 Å². The third kappa shape index (κ3) is 7.89. The first kappa shape index (κ1) is 39.4. The molecule has 0 saturated carbocycles. The van der Waals surface area contributed by atoms with E-state index in [0.29, 0.717) is 11.5 Å². The zero-order valence-electron chi connectivity index (χ0n) is 33.8. The van der Waals surface area contributed by atoms with Crippen LogP contribution in [0.1, 0.15) is 105 Å². The molecule has 4 aromatic carbocycles. The molecular weight excluding hydrogens is 844 g/mol. The summed E-state index contributed by atoms with van der Waals surface area (Å²) in [7, 11) is 0. The number of fused-ring (bicyclic) bond motifs is 3. The summed E-state index contributed by atoms with van der Waals surface area (Å²) < 4.78 is 8.88. The summed E-state index contributed by atoms with van der Waals surface area (Å²) in [6.07, 6.45) is 6.12. The molecule has 0 spiro atoms. The second-order valence-corrected chi connectivity index (χ2v) is 18.6. The molecule has 2 aromatic heterocycles. The van der Waals surface area contributed by atoms with E-state index in [1.807, 2.05) is 12.3 Å². The van der Waals surface area contributed by atoms with Crippen LogP contribution in [0.5, 0.6) is 11.5 Å². The molecule has 0 saturated heterocycles. The molecule has 6 heteroatoms. The standard InChI is InChI=1S/C48H53N4O.Pt/c1-45(2,3)32-19-20-49-44(28-32)52-42-16-14-13-15-40(42)41-18-17-38(30-43(41)52)53-39-27-35(48(10,11)12)26-37(29-39)51-22-21-50(31-51)36-24-33(46(4,5)6)23-34(25-36)47(7,8)9;/h13-28,31H,1-12H3;/q-3;. The number of rotatable bonds is 5. The maximum atomic E-state index is 6.68. The van der Waals surface area contributed by atoms with E-state index in [4.69, 9.17) is 9.72 Å². The fourth-order valence-electron chi connectivity index (χ4n) is 6.73. The monoisotopic (exact) mass is 896 g/mol. The molecule has 0 amide bonds. The predicted molar refractivity (Wildman–Crippen MR) is 222 cm³/mol. The third-order valence-electron chi connectivity index (χ3n) is 10.2. The van der Waals surface area contributed by atoms with Gasteiger partial charge in [0.15, 0.2) is 0 Å². The van der Waals surface area contributed by atoms with Gasteiger partial charge in [-0.15, -0.1) is 53.6 Å². The predicted octanol–water partition coefficient (Wildman–Crippen LogP) is 12.7. The van der Waals surface area contributed by atoms with Gasteiger partial charge in [-0.2, -0.15) is 6.07 Å². The van der Waals surface area contributed by atoms with Crippen molar-refractivity contribution in [2.45, 2.75) is 105 Å². The summed E-state index contributed by atoms with van der Waals surface area (Å²) >= 11 is 0. The number of hydrogen-bond acceptors (Lipinski definition) is 4. The van der Waals surface area contributed by atoms with Gasteiger partial charge < -0.3 is 19.1 Å². The number of nitrogens with zero attached hydrogens (tertiary/aromatic N) is 4. The topological polar surface area (TPSA) is 33.5 Å². The number of hydrogen-bond donors (Lipinski definition) is 0. The van der Waals surface area contributed by atoms with Crippen molar-refractivity contribution >= 4 is 33.2 Å². The minimum absolute atomic E-state index is 0. The van der Waals surface area contributed by atoms with Gasteiger partial charge in [0.25, 0.3) is 0 Å². The van der Waals surface area contributed by atoms with E-state index in [9.17, 15) is 0 Å². The van der Waals surface area contributed by atoms with E-state index in [1.54, 1.807) is 0 Å². The molecular formula is C48H53N4OPt-3. The first-order chi connectivity index (χ1) is 24.8. The van der Waals surface area contributed by atoms with Gasteiger partial charge in [0.1, 0.15) is 5.82 Å². The molecule has 54 heavy (non-hydrogen) atoms. The van der Waals surface area contributed by atoms with E-state index in [1.165, 1.54) is 16.7 Å². The van der Waals surface area contributed by atoms with Crippen molar-refractivity contribution in [3.63, 3.8) is 0 Å². The van der Waals surface area contributed by atoms with Crippen LogP contribution in [0.4, 0.5) is 11.4 Å². The Bertz CT molecular complexity index is 2330. The van der Waals surface area contributed by atoms with E-state index in [0.717, 1.165) is 44.6 Å². The smallest absolute Gasteiger partial charge is 0.135 e. The first-order valence-corrected chi connectivity index (χ1v) is 18.7. The SMILES string of the molecule is CC(C)(C)c1cc(Oc2[c-]c3c(cc2)c2ccccc2n3-c2cc(C(C)(C)C)ccn2)[c-]c(N2C=CN(c3cc(C(C)(C)C)cc(C(C)(C)C)c3)[CH-]2)c1.[Pt]. The summed E-state index contributed by atoms with van der Waals surface area (Å²) in [4.78, 5) is 9.17. The van der Waals surface area contributed by atoms with E-state index < -0.39 is 0 Å². The normalized spacial score (nSPS) is 13.9. The Kier molecular flexibility index (Phi) is 10.2. The molecule has 1 aliphatic rings. The number of para-hydroxylation sites is 1. The minimum Gasteiger partial charge on any atom is -0.509 e. The van der Waals surface area contributed by atoms with Crippen molar-refractivity contribution in [3.05, 3.63) is 139 Å². The summed E-state index contributed by atoms with van der Waals surface area (Å²) in [5, 5.41) is 2.26. The molecule has 1 aliphatic heterocycles. The molecule has 7 rings (SSSR count). The number of benzene rings is 4. The minimum atomic E-state index is -0.114. The van der Waals surface area contributed by atoms with E-state index in [2.05, 4.69) is 201 Å². The maximum Gasteiger partial charge on any atom is 0.135 e. The molecule has 0 atom stereocenters. The number of anilines is 2. The molecule has 0 bridgehead atoms. The van der Waals surface area contributed by atoms with Crippen molar-refractivity contribution < 1.29 is 25.8 Å². The van der Waals surface area contributed by atoms with Gasteiger partial charge in [-0.05, 0) is 86.5 Å². The summed E-state index contributed by atoms with van der Waals surface area (Å²) in [5.41, 5.74) is 9.03. The van der Waals surface area contributed by atoms with Gasteiger partial charge in [0.2, 0.25) is 0 Å². The van der Waals surface area contributed by atoms with Gasteiger partial charge in [-0.1, -0.05) is 113 Å². The number of pyridine rings is 1. The maximum absolute atomic E-state index is 6.68. The zero-order chi connectivity index (χ0) is 38.1. The zero-order valence-corrected chi connectivity index (χ0v) is 36.1. The molecule has 284 valence electrons. The van der Waals surface area contributed by atoms with Crippen molar-refractivity contribution in [2.75, 3.05) is 9.80 Å². The van der Waals surface area contributed by atoms with Crippen LogP contribution in [0, 0.1) is 18.8 Å². The van der Waals surface area contributed by atoms with E-state index in [-0.39, 0.29) is 42.7 Å². The summed E-state index contributed by atoms with van der Waals surface area (Å²) in [6, 6.07) is 35.4. The summed E-state index contributed by atoms with van der Waals surface area (Å²) in [5.74, 6) is 2.13. The van der Waals surface area contributed by atoms with E-state index >= 15 is 0 Å². The average molecular weight is 897 g/mol. The van der Waals surface area contributed by atoms with Gasteiger partial charge in [-0.25, -0.2) is 4.98 Å². The van der Waals surface area contributed by atoms with Crippen LogP contribution in [-0.2, 0) is 42.7 Å². The Morgan fingerprint density at radius 3 is 1.83 bits per heavy atom. The van der Waals surface area contributed by atoms with Crippen LogP contribution in [0.3, 0.4) is 0 Å². The van der Waals surface area contributed by atoms with Crippen LogP contribution in [0.15, 0.2) is 97.5 Å². The van der Waals surface area contributed by atoms with Crippen molar-refractivity contribution in [2.24, 2.45) is 0 Å². The fraction of sp³-hybridized carbons (Fsp3) is 0.333. The number of ether oxygens (including phenoxy) is 1. The van der Waals surface area contributed by atoms with Crippen LogP contribution in [0.25, 0.3) is 27.6 Å². The molecule has 0 aliphatic carbocycles. The van der Waals surface area contributed by atoms with Crippen molar-refractivity contribution in [3.8, 4) is 17.3 Å². The molecule has 0 N–H and O–H groups in total. The largest absolute Gasteiger partial charge is 0.509 e. The average Bonchev–Trinajstić information content (AvgIpc) is 3.70. The Hall–Kier alpha value is -4.34. The Labute approximate surface area is 337 Å². The summed E-state index contributed by atoms with van der Waals surface area (Å²) in [6.45, 7) is 29.2. The van der Waals surface area contributed by atoms with Crippen LogP contribution < -0.4 is 14.5 Å². The van der Waals surface area contributed by atoms with Crippen LogP contribution in [0.2, 0.25) is 0 Å². The molecule has 0 fully saturated rings. The molecule has 3 heterocycles. The molecule has 0 radical (unpaired) electrons. The molecule has 0 unspecified atom stereocenters. The third-order valence-corrected chi connectivity index (χ3v) is 10.2. The first-order valence-electron chi connectivity index (χ1n) is 18.7. The second kappa shape index (κ2) is 14.1. The second-order valence-electron chi connectivity index (χ2n) is 18.6. The van der Waals surface area contributed by atoms with Gasteiger partial charge in [-0.3, -0.25) is 0 Å². The quantitative estimate of drug-likeness (QED) is 0.161. The fourth-order valence-corrected chi connectivity index (χ4v) is 6.73. The van der Waals surface area contributed by atoms with Crippen molar-refractivity contribution in [1.82, 2.24) is 9.55 Å². The Balaban J connectivity index is 0.00000497.